The lowest BCUT2D eigenvalue weighted by Crippen LogP contribution is -2.65. The lowest BCUT2D eigenvalue weighted by Gasteiger charge is -2.64. The largest absolute Gasteiger partial charge is 0.471 e. The second-order valence-corrected chi connectivity index (χ2v) is 26.8. The molecule has 1 N–H and O–H groups in total. The van der Waals surface area contributed by atoms with Gasteiger partial charge in [-0.3, -0.25) is 29.4 Å². The van der Waals surface area contributed by atoms with E-state index in [2.05, 4.69) is 74.8 Å². The van der Waals surface area contributed by atoms with Crippen LogP contribution in [-0.4, -0.2) is 88.0 Å². The molecule has 61 heavy (non-hydrogen) atoms. The number of hydrogen-bond donors (Lipinski definition) is 1. The highest BCUT2D eigenvalue weighted by molar-refractivity contribution is 8.01. The molecule has 2 bridgehead atoms. The maximum Gasteiger partial charge on any atom is 0.471 e. The van der Waals surface area contributed by atoms with Crippen LogP contribution in [0.4, 0.5) is 0 Å². The molecule has 0 aromatic carbocycles. The zero-order valence-corrected chi connectivity index (χ0v) is 40.3. The predicted octanol–water partition coefficient (Wildman–Crippen LogP) is 9.08. The average molecular weight is 872 g/mol. The second-order valence-electron chi connectivity index (χ2n) is 20.7. The van der Waals surface area contributed by atoms with E-state index in [1.165, 1.54) is 6.42 Å². The van der Waals surface area contributed by atoms with Gasteiger partial charge in [0.05, 0.1) is 46.9 Å². The maximum atomic E-state index is 13.4. The van der Waals surface area contributed by atoms with E-state index in [0.29, 0.717) is 55.8 Å². The Balaban J connectivity index is 1.09. The summed E-state index contributed by atoms with van der Waals surface area (Å²) in [6.07, 6.45) is 8.82. The third kappa shape index (κ3) is 12.1. The minimum Gasteiger partial charge on any atom is -0.460 e. The molecule has 6 atom stereocenters. The van der Waals surface area contributed by atoms with Crippen molar-refractivity contribution in [3.63, 3.8) is 0 Å². The molecule has 0 radical (unpaired) electrons. The predicted molar refractivity (Wildman–Crippen MR) is 246 cm³/mol. The second kappa shape index (κ2) is 19.3. The molecule has 1 unspecified atom stereocenters. The molecule has 4 aliphatic rings. The number of carbonyl (C=O) groups is 2. The van der Waals surface area contributed by atoms with Crippen molar-refractivity contribution in [3.05, 3.63) is 89.8 Å². The quantitative estimate of drug-likeness (QED) is 0.0705. The van der Waals surface area contributed by atoms with Crippen molar-refractivity contribution in [2.45, 2.75) is 161 Å². The van der Waals surface area contributed by atoms with E-state index in [-0.39, 0.29) is 51.7 Å². The summed E-state index contributed by atoms with van der Waals surface area (Å²) >= 11 is 1.76. The fourth-order valence-corrected chi connectivity index (χ4v) is 11.5. The third-order valence-corrected chi connectivity index (χ3v) is 19.4. The zero-order valence-electron chi connectivity index (χ0n) is 38.5. The van der Waals surface area contributed by atoms with Gasteiger partial charge in [-0.15, -0.1) is 0 Å². The molecular formula is C47H70BN5O6SSi. The van der Waals surface area contributed by atoms with Gasteiger partial charge in [0.15, 0.2) is 8.32 Å². The number of nitrogens with zero attached hydrogens (tertiary/aromatic N) is 4. The molecule has 0 spiro atoms. The minimum atomic E-state index is -2.21. The van der Waals surface area contributed by atoms with Gasteiger partial charge >= 0.3 is 13.1 Å². The highest BCUT2D eigenvalue weighted by Crippen LogP contribution is 2.66. The van der Waals surface area contributed by atoms with Gasteiger partial charge in [0.25, 0.3) is 5.91 Å². The number of esters is 1. The lowest BCUT2D eigenvalue weighted by molar-refractivity contribution is -0.199. The Morgan fingerprint density at radius 2 is 1.56 bits per heavy atom. The van der Waals surface area contributed by atoms with Crippen molar-refractivity contribution in [2.24, 2.45) is 17.3 Å². The van der Waals surface area contributed by atoms with E-state index < -0.39 is 21.0 Å². The first-order valence-electron chi connectivity index (χ1n) is 22.2. The Bertz CT molecular complexity index is 1870. The van der Waals surface area contributed by atoms with Crippen molar-refractivity contribution in [1.29, 1.82) is 0 Å². The van der Waals surface area contributed by atoms with Crippen LogP contribution in [0.2, 0.25) is 18.1 Å². The van der Waals surface area contributed by atoms with Gasteiger partial charge in [-0.25, -0.2) is 0 Å². The van der Waals surface area contributed by atoms with Crippen LogP contribution < -0.4 is 5.32 Å². The molecule has 332 valence electrons. The normalized spacial score (nSPS) is 23.2. The number of amides is 1. The van der Waals surface area contributed by atoms with Crippen LogP contribution in [-0.2, 0) is 42.9 Å². The number of pyridine rings is 3. The van der Waals surface area contributed by atoms with Crippen LogP contribution >= 0.6 is 11.8 Å². The summed E-state index contributed by atoms with van der Waals surface area (Å²) in [5, 5.41) is 3.08. The molecule has 11 nitrogen and oxygen atoms in total. The SMILES string of the molecule is CC(C)(C)OC(=O)CC(CC[C@H](SCCNC(=O)c1ccc(CN(Cc2ccccn2)Cc2ccccn2)nc1)B1O[C@@H]2C[C@@H]3C[C@@H](C3(C)C)[C@]2(C)O1)O[Si](C)(C)C(C)(C)C. The fourth-order valence-electron chi connectivity index (χ4n) is 9.04. The summed E-state index contributed by atoms with van der Waals surface area (Å²) in [5.41, 5.74) is 2.63. The molecule has 14 heteroatoms. The van der Waals surface area contributed by atoms with Crippen molar-refractivity contribution in [3.8, 4) is 0 Å². The zero-order chi connectivity index (χ0) is 44.2. The number of hydrogen-bond acceptors (Lipinski definition) is 11. The first-order chi connectivity index (χ1) is 28.6. The molecule has 3 aliphatic carbocycles. The van der Waals surface area contributed by atoms with Crippen molar-refractivity contribution < 1.29 is 28.1 Å². The Kier molecular flexibility index (Phi) is 15.0. The molecule has 4 fully saturated rings. The van der Waals surface area contributed by atoms with E-state index in [4.69, 9.17) is 23.5 Å². The fraction of sp³-hybridized carbons (Fsp3) is 0.638. The first-order valence-corrected chi connectivity index (χ1v) is 26.2. The number of thioether (sulfide) groups is 1. The van der Waals surface area contributed by atoms with Crippen LogP contribution in [0, 0.1) is 17.3 Å². The number of rotatable bonds is 19. The van der Waals surface area contributed by atoms with Gasteiger partial charge in [-0.1, -0.05) is 46.8 Å². The average Bonchev–Trinajstić information content (AvgIpc) is 3.54. The monoisotopic (exact) mass is 871 g/mol. The third-order valence-electron chi connectivity index (χ3n) is 13.5. The van der Waals surface area contributed by atoms with Crippen LogP contribution in [0.5, 0.6) is 0 Å². The number of ether oxygens (including phenoxy) is 1. The molecule has 1 aliphatic heterocycles. The van der Waals surface area contributed by atoms with Crippen LogP contribution in [0.1, 0.15) is 122 Å². The van der Waals surface area contributed by atoms with Gasteiger partial charge in [0.1, 0.15) is 5.60 Å². The molecule has 1 amide bonds. The van der Waals surface area contributed by atoms with E-state index in [1.807, 2.05) is 69.3 Å². The van der Waals surface area contributed by atoms with Gasteiger partial charge in [-0.2, -0.15) is 11.8 Å². The summed E-state index contributed by atoms with van der Waals surface area (Å²) in [7, 11) is -2.61. The number of carbonyl (C=O) groups excluding carboxylic acids is 2. The summed E-state index contributed by atoms with van der Waals surface area (Å²) in [6.45, 7) is 26.2. The van der Waals surface area contributed by atoms with Gasteiger partial charge in [0, 0.05) is 55.7 Å². The summed E-state index contributed by atoms with van der Waals surface area (Å²) in [6, 6.07) is 15.6. The first kappa shape index (κ1) is 47.3. The molecule has 7 rings (SSSR count). The van der Waals surface area contributed by atoms with Crippen molar-refractivity contribution in [1.82, 2.24) is 25.2 Å². The molecule has 3 saturated carbocycles. The Labute approximate surface area is 370 Å². The van der Waals surface area contributed by atoms with Crippen molar-refractivity contribution in [2.75, 3.05) is 12.3 Å². The molecule has 1 saturated heterocycles. The van der Waals surface area contributed by atoms with Crippen molar-refractivity contribution >= 4 is 39.1 Å². The van der Waals surface area contributed by atoms with E-state index in [0.717, 1.165) is 29.9 Å². The van der Waals surface area contributed by atoms with Crippen LogP contribution in [0.3, 0.4) is 0 Å². The van der Waals surface area contributed by atoms with Crippen LogP contribution in [0.25, 0.3) is 0 Å². The van der Waals surface area contributed by atoms with E-state index in [9.17, 15) is 9.59 Å². The highest BCUT2D eigenvalue weighted by Gasteiger charge is 2.68. The molecule has 3 aromatic heterocycles. The van der Waals surface area contributed by atoms with Crippen LogP contribution in [0.15, 0.2) is 67.1 Å². The van der Waals surface area contributed by atoms with E-state index >= 15 is 0 Å². The summed E-state index contributed by atoms with van der Waals surface area (Å²) in [5.74, 6) is 1.36. The molecule has 3 aromatic rings. The van der Waals surface area contributed by atoms with Gasteiger partial charge in [-0.05, 0) is 125 Å². The maximum absolute atomic E-state index is 13.4. The standard InChI is InChI=1S/C47H70BN5O6SSi/c1-44(2,3)56-42(54)28-38(58-61(10,11)45(4,5)6)20-21-41(48-57-40-27-34-26-39(46(34,7)8)47(40,9)59-48)60-25-24-51-43(55)33-18-19-37(52-29-33)32-53(30-35-16-12-14-22-49-35)31-36-17-13-15-23-50-36/h12-19,22-23,29,34,38-41H,20-21,24-28,30-32H2,1-11H3,(H,51,55)/t34-,38?,39-,40+,41-,47-/m0/s1. The topological polar surface area (TPSA) is 125 Å². The molecular weight excluding hydrogens is 802 g/mol. The summed E-state index contributed by atoms with van der Waals surface area (Å²) < 4.78 is 26.6. The number of aromatic nitrogens is 3. The smallest absolute Gasteiger partial charge is 0.460 e. The van der Waals surface area contributed by atoms with E-state index in [1.54, 1.807) is 30.4 Å². The Hall–Kier alpha value is -3.14. The summed E-state index contributed by atoms with van der Waals surface area (Å²) in [4.78, 5) is 42.6. The van der Waals surface area contributed by atoms with Gasteiger partial charge < -0.3 is 23.8 Å². The Morgan fingerprint density at radius 3 is 2.10 bits per heavy atom. The molecule has 4 heterocycles. The number of nitrogens with one attached hydrogen (secondary N) is 1. The van der Waals surface area contributed by atoms with Gasteiger partial charge in [0.2, 0.25) is 0 Å². The Morgan fingerprint density at radius 1 is 0.918 bits per heavy atom. The highest BCUT2D eigenvalue weighted by atomic mass is 32.2. The lowest BCUT2D eigenvalue weighted by atomic mass is 9.43. The minimum absolute atomic E-state index is 0.0164.